The fraction of sp³-hybridized carbons (Fsp3) is 0.667. The Labute approximate surface area is 129 Å². The molecule has 1 N–H and O–H groups in total. The van der Waals surface area contributed by atoms with E-state index in [2.05, 4.69) is 14.9 Å². The van der Waals surface area contributed by atoms with Gasteiger partial charge in [-0.1, -0.05) is 0 Å². The Hall–Kier alpha value is -1.89. The molecule has 1 saturated carbocycles. The standard InChI is InChI=1S/C15H21N5O2/c1-18-4-5-19(8-14(18)22)12-6-13(17-10-16-12)20-7-11(21)15(9-20)2-3-15/h6,10-11,21H,2-5,7-9H2,1H3. The Morgan fingerprint density at radius 1 is 1.23 bits per heavy atom. The number of nitrogens with zero attached hydrogens (tertiary/aromatic N) is 5. The summed E-state index contributed by atoms with van der Waals surface area (Å²) in [5, 5.41) is 10.2. The molecule has 1 amide bonds. The third-order valence-electron chi connectivity index (χ3n) is 5.24. The lowest BCUT2D eigenvalue weighted by Crippen LogP contribution is -2.48. The van der Waals surface area contributed by atoms with Crippen LogP contribution in [0.2, 0.25) is 0 Å². The molecule has 118 valence electrons. The molecule has 1 atom stereocenters. The van der Waals surface area contributed by atoms with Gasteiger partial charge in [0.25, 0.3) is 0 Å². The van der Waals surface area contributed by atoms with Crippen LogP contribution in [0.3, 0.4) is 0 Å². The molecular formula is C15H21N5O2. The van der Waals surface area contributed by atoms with Crippen molar-refractivity contribution in [2.24, 2.45) is 5.41 Å². The molecule has 3 heterocycles. The highest BCUT2D eigenvalue weighted by molar-refractivity contribution is 5.82. The molecular weight excluding hydrogens is 282 g/mol. The van der Waals surface area contributed by atoms with Crippen molar-refractivity contribution in [3.63, 3.8) is 0 Å². The Kier molecular flexibility index (Phi) is 3.00. The van der Waals surface area contributed by atoms with Crippen LogP contribution in [0.4, 0.5) is 11.6 Å². The van der Waals surface area contributed by atoms with Gasteiger partial charge in [-0.2, -0.15) is 0 Å². The van der Waals surface area contributed by atoms with E-state index in [-0.39, 0.29) is 17.4 Å². The number of hydrogen-bond donors (Lipinski definition) is 1. The van der Waals surface area contributed by atoms with Crippen LogP contribution in [0, 0.1) is 5.41 Å². The van der Waals surface area contributed by atoms with Gasteiger partial charge in [0.2, 0.25) is 5.91 Å². The molecule has 7 nitrogen and oxygen atoms in total. The highest BCUT2D eigenvalue weighted by Crippen LogP contribution is 2.53. The molecule has 0 radical (unpaired) electrons. The summed E-state index contributed by atoms with van der Waals surface area (Å²) in [4.78, 5) is 26.4. The lowest BCUT2D eigenvalue weighted by molar-refractivity contribution is -0.129. The molecule has 4 rings (SSSR count). The number of amides is 1. The van der Waals surface area contributed by atoms with Crippen molar-refractivity contribution in [2.45, 2.75) is 18.9 Å². The number of hydrogen-bond acceptors (Lipinski definition) is 6. The number of likely N-dealkylation sites (N-methyl/N-ethyl adjacent to an activating group) is 1. The van der Waals surface area contributed by atoms with Gasteiger partial charge in [0.05, 0.1) is 12.6 Å². The lowest BCUT2D eigenvalue weighted by Gasteiger charge is -2.33. The Bertz CT molecular complexity index is 603. The molecule has 22 heavy (non-hydrogen) atoms. The first kappa shape index (κ1) is 13.8. The summed E-state index contributed by atoms with van der Waals surface area (Å²) < 4.78 is 0. The van der Waals surface area contributed by atoms with E-state index < -0.39 is 0 Å². The number of β-amino-alcohol motifs (C(OH)–C–C–N with tert-alkyl or cyclic N) is 1. The molecule has 1 spiro atoms. The highest BCUT2D eigenvalue weighted by Gasteiger charge is 2.54. The minimum Gasteiger partial charge on any atom is -0.391 e. The summed E-state index contributed by atoms with van der Waals surface area (Å²) in [5.74, 6) is 1.75. The maximum Gasteiger partial charge on any atom is 0.241 e. The van der Waals surface area contributed by atoms with Crippen molar-refractivity contribution in [3.8, 4) is 0 Å². The van der Waals surface area contributed by atoms with Crippen molar-refractivity contribution < 1.29 is 9.90 Å². The molecule has 1 aliphatic carbocycles. The minimum atomic E-state index is -0.254. The second kappa shape index (κ2) is 4.81. The number of aliphatic hydroxyl groups excluding tert-OH is 1. The molecule has 0 aromatic carbocycles. The van der Waals surface area contributed by atoms with Crippen LogP contribution in [0.1, 0.15) is 12.8 Å². The Morgan fingerprint density at radius 2 is 1.95 bits per heavy atom. The van der Waals surface area contributed by atoms with Crippen molar-refractivity contribution in [1.29, 1.82) is 0 Å². The number of carbonyl (C=O) groups is 1. The van der Waals surface area contributed by atoms with Crippen LogP contribution in [-0.2, 0) is 4.79 Å². The number of aromatic nitrogens is 2. The lowest BCUT2D eigenvalue weighted by atomic mass is 10.0. The first-order valence-corrected chi connectivity index (χ1v) is 7.81. The van der Waals surface area contributed by atoms with Crippen LogP contribution in [-0.4, -0.2) is 71.8 Å². The molecule has 7 heteroatoms. The van der Waals surface area contributed by atoms with E-state index in [4.69, 9.17) is 0 Å². The molecule has 1 aromatic rings. The van der Waals surface area contributed by atoms with E-state index in [1.165, 1.54) is 0 Å². The quantitative estimate of drug-likeness (QED) is 0.810. The van der Waals surface area contributed by atoms with E-state index in [1.807, 2.05) is 18.0 Å². The van der Waals surface area contributed by atoms with E-state index in [0.717, 1.165) is 37.6 Å². The predicted molar refractivity (Wildman–Crippen MR) is 81.8 cm³/mol. The normalized spacial score (nSPS) is 26.9. The fourth-order valence-corrected chi connectivity index (χ4v) is 3.42. The van der Waals surface area contributed by atoms with Crippen molar-refractivity contribution in [1.82, 2.24) is 14.9 Å². The third-order valence-corrected chi connectivity index (χ3v) is 5.24. The Morgan fingerprint density at radius 3 is 2.59 bits per heavy atom. The average Bonchev–Trinajstić information content (AvgIpc) is 3.22. The number of carbonyl (C=O) groups excluding carboxylic acids is 1. The summed E-state index contributed by atoms with van der Waals surface area (Å²) in [6, 6.07) is 1.94. The summed E-state index contributed by atoms with van der Waals surface area (Å²) >= 11 is 0. The third kappa shape index (κ3) is 2.20. The van der Waals surface area contributed by atoms with Gasteiger partial charge in [-0.05, 0) is 12.8 Å². The number of aliphatic hydroxyl groups is 1. The summed E-state index contributed by atoms with van der Waals surface area (Å²) in [6.45, 7) is 3.36. The highest BCUT2D eigenvalue weighted by atomic mass is 16.3. The van der Waals surface area contributed by atoms with Gasteiger partial charge >= 0.3 is 0 Å². The average molecular weight is 303 g/mol. The van der Waals surface area contributed by atoms with E-state index in [0.29, 0.717) is 19.6 Å². The van der Waals surface area contributed by atoms with Crippen LogP contribution < -0.4 is 9.80 Å². The van der Waals surface area contributed by atoms with Gasteiger partial charge in [0, 0.05) is 44.7 Å². The SMILES string of the molecule is CN1CCN(c2cc(N3CC(O)C4(CC4)C3)ncn2)CC1=O. The molecule has 3 aliphatic rings. The van der Waals surface area contributed by atoms with Gasteiger partial charge < -0.3 is 19.8 Å². The first-order chi connectivity index (χ1) is 10.6. The van der Waals surface area contributed by atoms with Crippen molar-refractivity contribution in [3.05, 3.63) is 12.4 Å². The summed E-state index contributed by atoms with van der Waals surface area (Å²) in [6.07, 6.45) is 3.51. The van der Waals surface area contributed by atoms with Crippen LogP contribution in [0.5, 0.6) is 0 Å². The maximum absolute atomic E-state index is 11.9. The largest absolute Gasteiger partial charge is 0.391 e. The van der Waals surface area contributed by atoms with Crippen LogP contribution in [0.25, 0.3) is 0 Å². The van der Waals surface area contributed by atoms with E-state index >= 15 is 0 Å². The topological polar surface area (TPSA) is 72.8 Å². The minimum absolute atomic E-state index is 0.106. The zero-order valence-electron chi connectivity index (χ0n) is 12.8. The molecule has 3 fully saturated rings. The predicted octanol–water partition coefficient (Wildman–Crippen LogP) is -0.284. The van der Waals surface area contributed by atoms with Gasteiger partial charge in [-0.15, -0.1) is 0 Å². The molecule has 1 aromatic heterocycles. The molecule has 1 unspecified atom stereocenters. The zero-order chi connectivity index (χ0) is 15.3. The number of anilines is 2. The maximum atomic E-state index is 11.9. The summed E-state index contributed by atoms with van der Waals surface area (Å²) in [5.41, 5.74) is 0.106. The van der Waals surface area contributed by atoms with Crippen molar-refractivity contribution >= 4 is 17.5 Å². The number of piperazine rings is 1. The second-order valence-corrected chi connectivity index (χ2v) is 6.73. The van der Waals surface area contributed by atoms with E-state index in [9.17, 15) is 9.90 Å². The number of rotatable bonds is 2. The van der Waals surface area contributed by atoms with Crippen LogP contribution in [0.15, 0.2) is 12.4 Å². The van der Waals surface area contributed by atoms with E-state index in [1.54, 1.807) is 11.2 Å². The molecule has 0 bridgehead atoms. The second-order valence-electron chi connectivity index (χ2n) is 6.73. The van der Waals surface area contributed by atoms with Crippen molar-refractivity contribution in [2.75, 3.05) is 49.6 Å². The smallest absolute Gasteiger partial charge is 0.241 e. The summed E-state index contributed by atoms with van der Waals surface area (Å²) in [7, 11) is 1.83. The molecule has 2 aliphatic heterocycles. The Balaban J connectivity index is 1.53. The monoisotopic (exact) mass is 303 g/mol. The first-order valence-electron chi connectivity index (χ1n) is 7.81. The van der Waals surface area contributed by atoms with Gasteiger partial charge in [-0.3, -0.25) is 4.79 Å². The van der Waals surface area contributed by atoms with Gasteiger partial charge in [0.1, 0.15) is 18.0 Å². The van der Waals surface area contributed by atoms with Gasteiger partial charge in [0.15, 0.2) is 0 Å². The zero-order valence-corrected chi connectivity index (χ0v) is 12.8. The molecule has 2 saturated heterocycles. The fourth-order valence-electron chi connectivity index (χ4n) is 3.42. The van der Waals surface area contributed by atoms with Gasteiger partial charge in [-0.25, -0.2) is 9.97 Å². The van der Waals surface area contributed by atoms with Crippen LogP contribution >= 0.6 is 0 Å².